The number of nitrogens with one attached hydrogen (secondary N) is 1. The van der Waals surface area contributed by atoms with Crippen molar-refractivity contribution in [3.63, 3.8) is 0 Å². The summed E-state index contributed by atoms with van der Waals surface area (Å²) in [5, 5.41) is 17.0. The Morgan fingerprint density at radius 2 is 2.18 bits per heavy atom. The maximum absolute atomic E-state index is 12.4. The molecule has 0 spiro atoms. The molecule has 0 aliphatic heterocycles. The Morgan fingerprint density at radius 3 is 2.77 bits per heavy atom. The summed E-state index contributed by atoms with van der Waals surface area (Å²) in [6.45, 7) is 1.86. The number of nitrogens with zero attached hydrogens (tertiary/aromatic N) is 3. The number of carboxylic acids is 1. The Kier molecular flexibility index (Phi) is 3.35. The lowest BCUT2D eigenvalue weighted by atomic mass is 9.74. The minimum absolute atomic E-state index is 0.0413. The predicted octanol–water partition coefficient (Wildman–Crippen LogP) is 1.40. The second-order valence-electron chi connectivity index (χ2n) is 5.96. The highest BCUT2D eigenvalue weighted by Gasteiger charge is 2.40. The molecular formula is C15H18N4O3. The van der Waals surface area contributed by atoms with Gasteiger partial charge in [0.2, 0.25) is 0 Å². The fraction of sp³-hybridized carbons (Fsp3) is 0.467. The van der Waals surface area contributed by atoms with Gasteiger partial charge in [0.1, 0.15) is 0 Å². The van der Waals surface area contributed by atoms with E-state index in [1.54, 1.807) is 17.8 Å². The van der Waals surface area contributed by atoms with Gasteiger partial charge in [-0.25, -0.2) is 4.98 Å². The van der Waals surface area contributed by atoms with Crippen molar-refractivity contribution in [3.05, 3.63) is 23.5 Å². The lowest BCUT2D eigenvalue weighted by molar-refractivity contribution is -0.139. The molecule has 0 unspecified atom stereocenters. The van der Waals surface area contributed by atoms with Crippen LogP contribution in [0, 0.1) is 6.92 Å². The van der Waals surface area contributed by atoms with Crippen LogP contribution in [0.15, 0.2) is 12.3 Å². The van der Waals surface area contributed by atoms with E-state index in [2.05, 4.69) is 15.4 Å². The predicted molar refractivity (Wildman–Crippen MR) is 79.5 cm³/mol. The van der Waals surface area contributed by atoms with Crippen LogP contribution in [0.1, 0.15) is 41.7 Å². The smallest absolute Gasteiger partial charge is 0.305 e. The van der Waals surface area contributed by atoms with Crippen LogP contribution in [0.4, 0.5) is 0 Å². The molecule has 22 heavy (non-hydrogen) atoms. The van der Waals surface area contributed by atoms with Crippen molar-refractivity contribution >= 4 is 22.9 Å². The van der Waals surface area contributed by atoms with Gasteiger partial charge in [-0.2, -0.15) is 5.10 Å². The van der Waals surface area contributed by atoms with E-state index in [1.807, 2.05) is 6.92 Å². The third kappa shape index (κ3) is 2.43. The van der Waals surface area contributed by atoms with Gasteiger partial charge in [-0.05, 0) is 32.3 Å². The Balaban J connectivity index is 1.86. The van der Waals surface area contributed by atoms with E-state index in [0.29, 0.717) is 18.4 Å². The van der Waals surface area contributed by atoms with E-state index in [4.69, 9.17) is 5.11 Å². The van der Waals surface area contributed by atoms with Gasteiger partial charge in [0.15, 0.2) is 5.65 Å². The summed E-state index contributed by atoms with van der Waals surface area (Å²) in [6, 6.07) is 1.76. The van der Waals surface area contributed by atoms with Gasteiger partial charge in [-0.3, -0.25) is 14.3 Å². The number of amides is 1. The van der Waals surface area contributed by atoms with Gasteiger partial charge in [0.25, 0.3) is 5.91 Å². The monoisotopic (exact) mass is 302 g/mol. The van der Waals surface area contributed by atoms with E-state index in [9.17, 15) is 9.59 Å². The summed E-state index contributed by atoms with van der Waals surface area (Å²) in [5.41, 5.74) is 1.35. The fourth-order valence-electron chi connectivity index (χ4n) is 2.98. The van der Waals surface area contributed by atoms with Crippen LogP contribution in [0.5, 0.6) is 0 Å². The number of hydrogen-bond acceptors (Lipinski definition) is 4. The number of hydrogen-bond donors (Lipinski definition) is 2. The lowest BCUT2D eigenvalue weighted by Gasteiger charge is -2.41. The van der Waals surface area contributed by atoms with E-state index < -0.39 is 11.5 Å². The molecule has 0 aromatic carbocycles. The van der Waals surface area contributed by atoms with Crippen LogP contribution >= 0.6 is 0 Å². The second kappa shape index (κ2) is 5.08. The highest BCUT2D eigenvalue weighted by molar-refractivity contribution is 5.98. The number of aryl methyl sites for hydroxylation is 2. The zero-order valence-corrected chi connectivity index (χ0v) is 12.6. The van der Waals surface area contributed by atoms with Crippen LogP contribution in [0.3, 0.4) is 0 Å². The van der Waals surface area contributed by atoms with E-state index in [1.165, 1.54) is 6.20 Å². The SMILES string of the molecule is Cc1nn(C)c2ncc(C(=O)NC3(CC(=O)O)CCC3)cc12. The first kappa shape index (κ1) is 14.5. The molecular weight excluding hydrogens is 284 g/mol. The Morgan fingerprint density at radius 1 is 1.45 bits per heavy atom. The molecule has 7 heteroatoms. The summed E-state index contributed by atoms with van der Waals surface area (Å²) in [7, 11) is 1.80. The maximum atomic E-state index is 12.4. The topological polar surface area (TPSA) is 97.1 Å². The minimum Gasteiger partial charge on any atom is -0.481 e. The fourth-order valence-corrected chi connectivity index (χ4v) is 2.98. The Labute approximate surface area is 127 Å². The number of fused-ring (bicyclic) bond motifs is 1. The van der Waals surface area contributed by atoms with Crippen LogP contribution < -0.4 is 5.32 Å². The molecule has 0 saturated heterocycles. The molecule has 1 aliphatic rings. The lowest BCUT2D eigenvalue weighted by Crippen LogP contribution is -2.54. The third-order valence-corrected chi connectivity index (χ3v) is 4.30. The van der Waals surface area contributed by atoms with Gasteiger partial charge in [0, 0.05) is 18.6 Å². The average molecular weight is 302 g/mol. The van der Waals surface area contributed by atoms with Crippen LogP contribution in [0.25, 0.3) is 11.0 Å². The van der Waals surface area contributed by atoms with Gasteiger partial charge in [0.05, 0.1) is 23.2 Å². The van der Waals surface area contributed by atoms with Gasteiger partial charge in [-0.15, -0.1) is 0 Å². The Bertz CT molecular complexity index is 761. The number of rotatable bonds is 4. The molecule has 7 nitrogen and oxygen atoms in total. The first-order valence-electron chi connectivity index (χ1n) is 7.24. The van der Waals surface area contributed by atoms with Gasteiger partial charge >= 0.3 is 5.97 Å². The van der Waals surface area contributed by atoms with Crippen LogP contribution in [-0.2, 0) is 11.8 Å². The zero-order chi connectivity index (χ0) is 15.9. The number of carbonyl (C=O) groups is 2. The molecule has 2 N–H and O–H groups in total. The molecule has 1 amide bonds. The number of pyridine rings is 1. The first-order chi connectivity index (χ1) is 10.4. The largest absolute Gasteiger partial charge is 0.481 e. The zero-order valence-electron chi connectivity index (χ0n) is 12.6. The van der Waals surface area contributed by atoms with Crippen molar-refractivity contribution in [3.8, 4) is 0 Å². The van der Waals surface area contributed by atoms with Crippen molar-refractivity contribution in [2.75, 3.05) is 0 Å². The summed E-state index contributed by atoms with van der Waals surface area (Å²) < 4.78 is 1.67. The van der Waals surface area contributed by atoms with Crippen LogP contribution in [0.2, 0.25) is 0 Å². The van der Waals surface area contributed by atoms with Gasteiger partial charge in [-0.1, -0.05) is 0 Å². The normalized spacial score (nSPS) is 16.3. The summed E-state index contributed by atoms with van der Waals surface area (Å²) in [4.78, 5) is 27.7. The second-order valence-corrected chi connectivity index (χ2v) is 5.96. The van der Waals surface area contributed by atoms with Crippen molar-refractivity contribution < 1.29 is 14.7 Å². The van der Waals surface area contributed by atoms with Gasteiger partial charge < -0.3 is 10.4 Å². The van der Waals surface area contributed by atoms with Crippen molar-refractivity contribution in [1.29, 1.82) is 0 Å². The van der Waals surface area contributed by atoms with E-state index >= 15 is 0 Å². The highest BCUT2D eigenvalue weighted by atomic mass is 16.4. The number of aliphatic carboxylic acids is 1. The quantitative estimate of drug-likeness (QED) is 0.890. The molecule has 2 aromatic rings. The highest BCUT2D eigenvalue weighted by Crippen LogP contribution is 2.35. The molecule has 1 fully saturated rings. The molecule has 116 valence electrons. The minimum atomic E-state index is -0.892. The third-order valence-electron chi connectivity index (χ3n) is 4.30. The van der Waals surface area contributed by atoms with Crippen molar-refractivity contribution in [1.82, 2.24) is 20.1 Å². The maximum Gasteiger partial charge on any atom is 0.305 e. The molecule has 2 aromatic heterocycles. The summed E-state index contributed by atoms with van der Waals surface area (Å²) >= 11 is 0. The number of aromatic nitrogens is 3. The number of carboxylic acid groups (broad SMARTS) is 1. The number of carbonyl (C=O) groups excluding carboxylic acids is 1. The molecule has 1 aliphatic carbocycles. The molecule has 0 radical (unpaired) electrons. The van der Waals surface area contributed by atoms with E-state index in [-0.39, 0.29) is 12.3 Å². The van der Waals surface area contributed by atoms with Crippen molar-refractivity contribution in [2.45, 2.75) is 38.1 Å². The van der Waals surface area contributed by atoms with Crippen molar-refractivity contribution in [2.24, 2.45) is 7.05 Å². The molecule has 0 atom stereocenters. The Hall–Kier alpha value is -2.44. The molecule has 1 saturated carbocycles. The first-order valence-corrected chi connectivity index (χ1v) is 7.24. The molecule has 0 bridgehead atoms. The summed E-state index contributed by atoms with van der Waals surface area (Å²) in [5.74, 6) is -1.17. The standard InChI is InChI=1S/C15H18N4O3/c1-9-11-6-10(8-16-13(11)19(2)18-9)14(22)17-15(4-3-5-15)7-12(20)21/h6,8H,3-5,7H2,1-2H3,(H,17,22)(H,20,21). The average Bonchev–Trinajstić information content (AvgIpc) is 2.70. The molecule has 2 heterocycles. The van der Waals surface area contributed by atoms with E-state index in [0.717, 1.165) is 23.1 Å². The van der Waals surface area contributed by atoms with Crippen LogP contribution in [-0.4, -0.2) is 37.3 Å². The molecule has 3 rings (SSSR count). The summed E-state index contributed by atoms with van der Waals surface area (Å²) in [6.07, 6.45) is 3.80.